The van der Waals surface area contributed by atoms with Crippen LogP contribution in [-0.4, -0.2) is 55.5 Å². The van der Waals surface area contributed by atoms with Gasteiger partial charge in [0, 0.05) is 25.4 Å². The number of anilines is 1. The van der Waals surface area contributed by atoms with Crippen molar-refractivity contribution >= 4 is 28.8 Å². The Hall–Kier alpha value is -3.69. The molecule has 0 unspecified atom stereocenters. The summed E-state index contributed by atoms with van der Waals surface area (Å²) in [6.07, 6.45) is 3.47. The molecule has 10 nitrogen and oxygen atoms in total. The van der Waals surface area contributed by atoms with Crippen LogP contribution in [0.5, 0.6) is 5.75 Å². The second-order valence-corrected chi connectivity index (χ2v) is 7.75. The molecular formula is C20H21N7O3. The number of carbonyl (C=O) groups is 2. The fraction of sp³-hybridized carbons (Fsp3) is 0.350. The van der Waals surface area contributed by atoms with E-state index in [-0.39, 0.29) is 11.8 Å². The molecule has 2 aliphatic heterocycles. The maximum atomic E-state index is 13.3. The standard InChI is InChI=1S/C20H21N7O3/c1-20-8-12(11-4-2-3-5-13(11)30-20)14(16(21)28)19(29)27(20)7-6-22-17-15-18(24-9-23-15)26-10-25-17/h2-5,9-10,12,14H,6-8H2,1H3,(H2,21,28)(H2,22,23,24,25,26)/t12-,14-,20-/m0/s1. The number of primary amides is 1. The Bertz CT molecular complexity index is 1150. The number of piperidine rings is 1. The highest BCUT2D eigenvalue weighted by atomic mass is 16.5. The molecule has 2 amide bonds. The van der Waals surface area contributed by atoms with E-state index in [2.05, 4.69) is 25.3 Å². The monoisotopic (exact) mass is 407 g/mol. The zero-order valence-electron chi connectivity index (χ0n) is 16.3. The number of rotatable bonds is 5. The molecule has 3 aromatic rings. The van der Waals surface area contributed by atoms with Crippen LogP contribution in [0.2, 0.25) is 0 Å². The van der Waals surface area contributed by atoms with Gasteiger partial charge >= 0.3 is 0 Å². The number of likely N-dealkylation sites (tertiary alicyclic amines) is 1. The van der Waals surface area contributed by atoms with Gasteiger partial charge in [-0.05, 0) is 18.6 Å². The largest absolute Gasteiger partial charge is 0.468 e. The fourth-order valence-corrected chi connectivity index (χ4v) is 4.56. The minimum absolute atomic E-state index is 0.291. The topological polar surface area (TPSA) is 139 Å². The summed E-state index contributed by atoms with van der Waals surface area (Å²) in [7, 11) is 0. The number of hydrogen-bond donors (Lipinski definition) is 3. The van der Waals surface area contributed by atoms with Crippen LogP contribution in [0.3, 0.4) is 0 Å². The Morgan fingerprint density at radius 2 is 2.20 bits per heavy atom. The number of nitrogens with two attached hydrogens (primary N) is 1. The predicted octanol–water partition coefficient (Wildman–Crippen LogP) is 0.991. The van der Waals surface area contributed by atoms with Crippen LogP contribution >= 0.6 is 0 Å². The van der Waals surface area contributed by atoms with Crippen LogP contribution in [-0.2, 0) is 9.59 Å². The average Bonchev–Trinajstić information content (AvgIpc) is 3.19. The van der Waals surface area contributed by atoms with Crippen molar-refractivity contribution < 1.29 is 14.3 Å². The van der Waals surface area contributed by atoms with Gasteiger partial charge < -0.3 is 25.7 Å². The van der Waals surface area contributed by atoms with Crippen LogP contribution in [0.25, 0.3) is 11.2 Å². The van der Waals surface area contributed by atoms with Gasteiger partial charge in [-0.25, -0.2) is 15.0 Å². The van der Waals surface area contributed by atoms with Crippen molar-refractivity contribution in [2.45, 2.75) is 25.0 Å². The number of ether oxygens (including phenoxy) is 1. The number of hydrogen-bond acceptors (Lipinski definition) is 7. The number of imidazole rings is 1. The number of aromatic amines is 1. The summed E-state index contributed by atoms with van der Waals surface area (Å²) in [4.78, 5) is 42.5. The first-order valence-corrected chi connectivity index (χ1v) is 9.74. The first kappa shape index (κ1) is 18.3. The minimum Gasteiger partial charge on any atom is -0.468 e. The van der Waals surface area contributed by atoms with Crippen LogP contribution in [0, 0.1) is 5.92 Å². The molecule has 30 heavy (non-hydrogen) atoms. The summed E-state index contributed by atoms with van der Waals surface area (Å²) in [5.41, 5.74) is 6.89. The Balaban J connectivity index is 1.41. The Labute approximate surface area is 171 Å². The number of carbonyl (C=O) groups excluding carboxylic acids is 2. The van der Waals surface area contributed by atoms with E-state index in [9.17, 15) is 9.59 Å². The highest BCUT2D eigenvalue weighted by Gasteiger charge is 2.55. The minimum atomic E-state index is -0.915. The SMILES string of the molecule is C[C@@]12C[C@@H](c3ccccc3O1)[C@@H](C(N)=O)C(=O)N2CCNc1ncnc2nc[nH]c12. The van der Waals surface area contributed by atoms with Gasteiger partial charge in [0.15, 0.2) is 17.2 Å². The lowest BCUT2D eigenvalue weighted by Crippen LogP contribution is -2.65. The van der Waals surface area contributed by atoms with Gasteiger partial charge in [-0.2, -0.15) is 0 Å². The Morgan fingerprint density at radius 3 is 3.03 bits per heavy atom. The van der Waals surface area contributed by atoms with E-state index in [0.29, 0.717) is 42.2 Å². The third-order valence-electron chi connectivity index (χ3n) is 5.91. The van der Waals surface area contributed by atoms with Crippen LogP contribution in [0.15, 0.2) is 36.9 Å². The van der Waals surface area contributed by atoms with Gasteiger partial charge in [0.25, 0.3) is 0 Å². The van der Waals surface area contributed by atoms with E-state index in [1.807, 2.05) is 31.2 Å². The highest BCUT2D eigenvalue weighted by Crippen LogP contribution is 2.49. The van der Waals surface area contributed by atoms with Crippen molar-refractivity contribution in [3.63, 3.8) is 0 Å². The van der Waals surface area contributed by atoms with Crippen molar-refractivity contribution in [1.29, 1.82) is 0 Å². The molecule has 0 saturated carbocycles. The molecule has 4 N–H and O–H groups in total. The normalized spacial score (nSPS) is 25.0. The highest BCUT2D eigenvalue weighted by molar-refractivity contribution is 6.01. The Morgan fingerprint density at radius 1 is 1.37 bits per heavy atom. The fourth-order valence-electron chi connectivity index (χ4n) is 4.56. The quantitative estimate of drug-likeness (QED) is 0.536. The Kier molecular flexibility index (Phi) is 4.09. The van der Waals surface area contributed by atoms with E-state index in [1.165, 1.54) is 6.33 Å². The molecule has 0 radical (unpaired) electrons. The average molecular weight is 407 g/mol. The molecule has 5 rings (SSSR count). The number of amides is 2. The summed E-state index contributed by atoms with van der Waals surface area (Å²) in [6.45, 7) is 2.59. The van der Waals surface area contributed by atoms with E-state index in [1.54, 1.807) is 11.2 Å². The van der Waals surface area contributed by atoms with Gasteiger partial charge in [0.2, 0.25) is 11.8 Å². The van der Waals surface area contributed by atoms with Gasteiger partial charge in [0.05, 0.1) is 6.33 Å². The molecule has 2 aromatic heterocycles. The van der Waals surface area contributed by atoms with Gasteiger partial charge in [0.1, 0.15) is 23.5 Å². The molecule has 3 atom stereocenters. The van der Waals surface area contributed by atoms with Gasteiger partial charge in [-0.15, -0.1) is 0 Å². The first-order valence-electron chi connectivity index (χ1n) is 9.74. The summed E-state index contributed by atoms with van der Waals surface area (Å²) in [5.74, 6) is -0.861. The summed E-state index contributed by atoms with van der Waals surface area (Å²) in [5, 5.41) is 3.21. The van der Waals surface area contributed by atoms with E-state index >= 15 is 0 Å². The zero-order chi connectivity index (χ0) is 20.9. The van der Waals surface area contributed by atoms with Crippen molar-refractivity contribution in [1.82, 2.24) is 24.8 Å². The van der Waals surface area contributed by atoms with E-state index in [0.717, 1.165) is 5.56 Å². The smallest absolute Gasteiger partial charge is 0.238 e. The third-order valence-corrected chi connectivity index (χ3v) is 5.91. The number of nitrogens with one attached hydrogen (secondary N) is 2. The molecule has 1 fully saturated rings. The number of nitrogens with zero attached hydrogens (tertiary/aromatic N) is 4. The molecule has 1 saturated heterocycles. The lowest BCUT2D eigenvalue weighted by molar-refractivity contribution is -0.174. The molecule has 4 heterocycles. The number of fused-ring (bicyclic) bond motifs is 5. The molecule has 0 spiro atoms. The van der Waals surface area contributed by atoms with Crippen molar-refractivity contribution in [2.75, 3.05) is 18.4 Å². The molecule has 0 aliphatic carbocycles. The third kappa shape index (κ3) is 2.75. The summed E-state index contributed by atoms with van der Waals surface area (Å²) < 4.78 is 6.25. The molecule has 10 heteroatoms. The summed E-state index contributed by atoms with van der Waals surface area (Å²) >= 11 is 0. The van der Waals surface area contributed by atoms with Crippen LogP contribution in [0.1, 0.15) is 24.8 Å². The predicted molar refractivity (Wildman–Crippen MR) is 107 cm³/mol. The number of para-hydroxylation sites is 1. The second-order valence-electron chi connectivity index (χ2n) is 7.75. The van der Waals surface area contributed by atoms with Crippen molar-refractivity contribution in [2.24, 2.45) is 11.7 Å². The number of H-pyrrole nitrogens is 1. The van der Waals surface area contributed by atoms with Crippen molar-refractivity contribution in [3.05, 3.63) is 42.5 Å². The van der Waals surface area contributed by atoms with Gasteiger partial charge in [-0.1, -0.05) is 18.2 Å². The molecule has 2 aliphatic rings. The van der Waals surface area contributed by atoms with Gasteiger partial charge in [-0.3, -0.25) is 9.59 Å². The second kappa shape index (κ2) is 6.68. The maximum Gasteiger partial charge on any atom is 0.238 e. The lowest BCUT2D eigenvalue weighted by Gasteiger charge is -2.52. The first-order chi connectivity index (χ1) is 14.5. The zero-order valence-corrected chi connectivity index (χ0v) is 16.3. The maximum absolute atomic E-state index is 13.3. The van der Waals surface area contributed by atoms with E-state index < -0.39 is 17.6 Å². The van der Waals surface area contributed by atoms with Crippen LogP contribution in [0.4, 0.5) is 5.82 Å². The summed E-state index contributed by atoms with van der Waals surface area (Å²) in [6, 6.07) is 7.51. The van der Waals surface area contributed by atoms with Crippen molar-refractivity contribution in [3.8, 4) is 5.75 Å². The molecule has 154 valence electrons. The molecule has 2 bridgehead atoms. The molecular weight excluding hydrogens is 386 g/mol. The number of benzene rings is 1. The molecule has 1 aromatic carbocycles. The number of aromatic nitrogens is 4. The van der Waals surface area contributed by atoms with E-state index in [4.69, 9.17) is 10.5 Å². The van der Waals surface area contributed by atoms with Crippen LogP contribution < -0.4 is 15.8 Å². The lowest BCUT2D eigenvalue weighted by atomic mass is 9.73.